The van der Waals surface area contributed by atoms with Crippen LogP contribution >= 0.6 is 0 Å². The van der Waals surface area contributed by atoms with E-state index in [9.17, 15) is 14.7 Å². The fourth-order valence-corrected chi connectivity index (χ4v) is 1.98. The summed E-state index contributed by atoms with van der Waals surface area (Å²) in [7, 11) is 0. The Morgan fingerprint density at radius 3 is 2.74 bits per heavy atom. The predicted octanol–water partition coefficient (Wildman–Crippen LogP) is 2.65. The number of benzene rings is 1. The number of carboxylic acid groups (broad SMARTS) is 1. The third kappa shape index (κ3) is 3.45. The fraction of sp³-hybridized carbons (Fsp3) is 0.250. The molecule has 2 rings (SSSR count). The first-order valence-corrected chi connectivity index (χ1v) is 6.94. The molecule has 0 atom stereocenters. The number of hydrogen-bond acceptors (Lipinski definition) is 6. The minimum Gasteiger partial charge on any atom is -0.504 e. The first-order chi connectivity index (χ1) is 11.0. The van der Waals surface area contributed by atoms with Gasteiger partial charge in [-0.3, -0.25) is 0 Å². The number of rotatable bonds is 6. The topological polar surface area (TPSA) is 106 Å². The van der Waals surface area contributed by atoms with Crippen molar-refractivity contribution in [2.24, 2.45) is 0 Å². The SMILES string of the molecule is CC=C(CC)Oc1c(O)c2cccc(OCC(=O)O)c2oc1=O. The van der Waals surface area contributed by atoms with Crippen molar-refractivity contribution in [3.05, 3.63) is 40.5 Å². The molecule has 1 heterocycles. The van der Waals surface area contributed by atoms with E-state index in [0.717, 1.165) is 0 Å². The van der Waals surface area contributed by atoms with E-state index in [1.807, 2.05) is 6.92 Å². The predicted molar refractivity (Wildman–Crippen MR) is 82.0 cm³/mol. The maximum absolute atomic E-state index is 12.1. The minimum absolute atomic E-state index is 0.0397. The Bertz CT molecular complexity index is 817. The molecule has 0 saturated carbocycles. The molecule has 0 bridgehead atoms. The molecule has 0 aliphatic heterocycles. The second-order valence-electron chi connectivity index (χ2n) is 4.59. The molecule has 122 valence electrons. The molecule has 0 fully saturated rings. The highest BCUT2D eigenvalue weighted by molar-refractivity contribution is 5.89. The van der Waals surface area contributed by atoms with Crippen LogP contribution in [0.1, 0.15) is 20.3 Å². The first kappa shape index (κ1) is 16.4. The molecular formula is C16H16O7. The summed E-state index contributed by atoms with van der Waals surface area (Å²) in [4.78, 5) is 22.7. The quantitative estimate of drug-likeness (QED) is 0.622. The summed E-state index contributed by atoms with van der Waals surface area (Å²) >= 11 is 0. The summed E-state index contributed by atoms with van der Waals surface area (Å²) in [6.07, 6.45) is 2.21. The molecule has 0 unspecified atom stereocenters. The van der Waals surface area contributed by atoms with Crippen LogP contribution in [0.3, 0.4) is 0 Å². The van der Waals surface area contributed by atoms with E-state index in [1.165, 1.54) is 12.1 Å². The second-order valence-corrected chi connectivity index (χ2v) is 4.59. The van der Waals surface area contributed by atoms with E-state index in [4.69, 9.17) is 19.0 Å². The second kappa shape index (κ2) is 6.87. The zero-order valence-corrected chi connectivity index (χ0v) is 12.7. The molecular weight excluding hydrogens is 304 g/mol. The Balaban J connectivity index is 2.55. The number of carboxylic acids is 1. The number of ether oxygens (including phenoxy) is 2. The van der Waals surface area contributed by atoms with Gasteiger partial charge in [0.05, 0.1) is 5.39 Å². The van der Waals surface area contributed by atoms with Gasteiger partial charge < -0.3 is 24.1 Å². The molecule has 7 nitrogen and oxygen atoms in total. The van der Waals surface area contributed by atoms with E-state index in [-0.39, 0.29) is 28.2 Å². The third-order valence-corrected chi connectivity index (χ3v) is 3.08. The molecule has 0 amide bonds. The average molecular weight is 320 g/mol. The number of aliphatic carboxylic acids is 1. The summed E-state index contributed by atoms with van der Waals surface area (Å²) in [5.74, 6) is -1.32. The van der Waals surface area contributed by atoms with Crippen LogP contribution in [0.4, 0.5) is 0 Å². The van der Waals surface area contributed by atoms with E-state index in [1.54, 1.807) is 19.1 Å². The zero-order valence-electron chi connectivity index (χ0n) is 12.7. The lowest BCUT2D eigenvalue weighted by atomic mass is 10.2. The van der Waals surface area contributed by atoms with Crippen molar-refractivity contribution in [3.8, 4) is 17.2 Å². The smallest absolute Gasteiger partial charge is 0.383 e. The maximum Gasteiger partial charge on any atom is 0.383 e. The van der Waals surface area contributed by atoms with Gasteiger partial charge in [0.2, 0.25) is 0 Å². The molecule has 2 N–H and O–H groups in total. The molecule has 0 aliphatic carbocycles. The van der Waals surface area contributed by atoms with Gasteiger partial charge in [-0.25, -0.2) is 9.59 Å². The molecule has 0 saturated heterocycles. The largest absolute Gasteiger partial charge is 0.504 e. The van der Waals surface area contributed by atoms with Gasteiger partial charge >= 0.3 is 11.6 Å². The van der Waals surface area contributed by atoms with Gasteiger partial charge in [-0.1, -0.05) is 13.0 Å². The van der Waals surface area contributed by atoms with E-state index in [0.29, 0.717) is 12.2 Å². The molecule has 2 aromatic rings. The third-order valence-electron chi connectivity index (χ3n) is 3.08. The van der Waals surface area contributed by atoms with E-state index in [2.05, 4.69) is 0 Å². The number of para-hydroxylation sites is 1. The van der Waals surface area contributed by atoms with Gasteiger partial charge in [0.15, 0.2) is 23.7 Å². The molecule has 0 spiro atoms. The van der Waals surface area contributed by atoms with Crippen LogP contribution < -0.4 is 15.1 Å². The molecule has 1 aromatic carbocycles. The van der Waals surface area contributed by atoms with E-state index < -0.39 is 18.2 Å². The van der Waals surface area contributed by atoms with Crippen LogP contribution in [0.15, 0.2) is 39.2 Å². The highest BCUT2D eigenvalue weighted by Crippen LogP contribution is 2.36. The lowest BCUT2D eigenvalue weighted by molar-refractivity contribution is -0.139. The lowest BCUT2D eigenvalue weighted by Crippen LogP contribution is -2.11. The van der Waals surface area contributed by atoms with Gasteiger partial charge in [-0.05, 0) is 25.1 Å². The number of aromatic hydroxyl groups is 1. The lowest BCUT2D eigenvalue weighted by Gasteiger charge is -2.11. The fourth-order valence-electron chi connectivity index (χ4n) is 1.98. The number of fused-ring (bicyclic) bond motifs is 1. The number of carbonyl (C=O) groups is 1. The summed E-state index contributed by atoms with van der Waals surface area (Å²) in [5.41, 5.74) is -0.920. The van der Waals surface area contributed by atoms with Gasteiger partial charge in [0.25, 0.3) is 5.75 Å². The van der Waals surface area contributed by atoms with Crippen LogP contribution in [0.5, 0.6) is 17.2 Å². The van der Waals surface area contributed by atoms with Crippen molar-refractivity contribution in [2.45, 2.75) is 20.3 Å². The zero-order chi connectivity index (χ0) is 17.0. The highest BCUT2D eigenvalue weighted by Gasteiger charge is 2.19. The van der Waals surface area contributed by atoms with Gasteiger partial charge in [-0.2, -0.15) is 0 Å². The standard InChI is InChI=1S/C16H16O7/c1-3-9(4-2)22-15-13(19)10-6-5-7-11(21-8-12(17)18)14(10)23-16(15)20/h3,5-7,19H,4,8H2,1-2H3,(H,17,18). The van der Waals surface area contributed by atoms with Gasteiger partial charge in [0.1, 0.15) is 5.76 Å². The summed E-state index contributed by atoms with van der Waals surface area (Å²) < 4.78 is 15.6. The Kier molecular flexibility index (Phi) is 4.90. The molecule has 7 heteroatoms. The molecule has 0 aliphatic rings. The monoisotopic (exact) mass is 320 g/mol. The summed E-state index contributed by atoms with van der Waals surface area (Å²) in [6, 6.07) is 4.49. The van der Waals surface area contributed by atoms with Crippen molar-refractivity contribution in [3.63, 3.8) is 0 Å². The summed E-state index contributed by atoms with van der Waals surface area (Å²) in [5, 5.41) is 19.1. The normalized spacial score (nSPS) is 11.5. The number of hydrogen-bond donors (Lipinski definition) is 2. The number of allylic oxidation sites excluding steroid dienone is 2. The Hall–Kier alpha value is -2.96. The van der Waals surface area contributed by atoms with Crippen molar-refractivity contribution in [2.75, 3.05) is 6.61 Å². The minimum atomic E-state index is -1.17. The van der Waals surface area contributed by atoms with Crippen molar-refractivity contribution in [1.29, 1.82) is 0 Å². The highest BCUT2D eigenvalue weighted by atomic mass is 16.5. The van der Waals surface area contributed by atoms with Crippen LogP contribution in [0.2, 0.25) is 0 Å². The van der Waals surface area contributed by atoms with Crippen LogP contribution in [0.25, 0.3) is 11.0 Å². The van der Waals surface area contributed by atoms with Crippen molar-refractivity contribution >= 4 is 16.9 Å². The Morgan fingerprint density at radius 2 is 2.13 bits per heavy atom. The van der Waals surface area contributed by atoms with Crippen LogP contribution in [-0.2, 0) is 4.79 Å². The Morgan fingerprint density at radius 1 is 1.39 bits per heavy atom. The van der Waals surface area contributed by atoms with E-state index >= 15 is 0 Å². The van der Waals surface area contributed by atoms with Crippen LogP contribution in [0, 0.1) is 0 Å². The van der Waals surface area contributed by atoms with Crippen molar-refractivity contribution in [1.82, 2.24) is 0 Å². The summed E-state index contributed by atoms with van der Waals surface area (Å²) in [6.45, 7) is 2.99. The molecule has 23 heavy (non-hydrogen) atoms. The maximum atomic E-state index is 12.1. The first-order valence-electron chi connectivity index (χ1n) is 6.94. The van der Waals surface area contributed by atoms with Crippen molar-refractivity contribution < 1.29 is 28.9 Å². The average Bonchev–Trinajstić information content (AvgIpc) is 2.53. The Labute approximate surface area is 131 Å². The van der Waals surface area contributed by atoms with Gasteiger partial charge in [0, 0.05) is 6.42 Å². The van der Waals surface area contributed by atoms with Crippen LogP contribution in [-0.4, -0.2) is 22.8 Å². The molecule has 1 aromatic heterocycles. The van der Waals surface area contributed by atoms with Gasteiger partial charge in [-0.15, -0.1) is 0 Å². The molecule has 0 radical (unpaired) electrons.